The molecule has 0 saturated carbocycles. The molecule has 0 aliphatic carbocycles. The van der Waals surface area contributed by atoms with Crippen LogP contribution in [0.5, 0.6) is 0 Å². The molecule has 2 rings (SSSR count). The molecule has 1 N–H and O–H groups in total. The molecule has 1 aliphatic heterocycles. The highest BCUT2D eigenvalue weighted by molar-refractivity contribution is 7.94. The third kappa shape index (κ3) is 4.43. The number of anilines is 1. The molecular weight excluding hydrogens is 378 g/mol. The van der Waals surface area contributed by atoms with Crippen molar-refractivity contribution in [2.45, 2.75) is 38.1 Å². The van der Waals surface area contributed by atoms with Crippen LogP contribution in [0, 0.1) is 0 Å². The Morgan fingerprint density at radius 1 is 1.19 bits per heavy atom. The molecule has 1 heterocycles. The molecule has 8 nitrogen and oxygen atoms in total. The molecule has 1 saturated heterocycles. The molecule has 0 radical (unpaired) electrons. The van der Waals surface area contributed by atoms with Crippen LogP contribution in [0.15, 0.2) is 29.2 Å². The number of hydrogen-bond acceptors (Lipinski definition) is 6. The summed E-state index contributed by atoms with van der Waals surface area (Å²) in [4.78, 5) is 13.9. The third-order valence-corrected chi connectivity index (χ3v) is 7.59. The molecule has 0 spiro atoms. The van der Waals surface area contributed by atoms with E-state index in [4.69, 9.17) is 0 Å². The number of carbonyl (C=O) groups excluding carboxylic acids is 1. The van der Waals surface area contributed by atoms with Gasteiger partial charge >= 0.3 is 0 Å². The second-order valence-electron chi connectivity index (χ2n) is 6.14. The molecule has 1 aliphatic rings. The lowest BCUT2D eigenvalue weighted by molar-refractivity contribution is -0.116. The van der Waals surface area contributed by atoms with Crippen LogP contribution in [0.3, 0.4) is 0 Å². The van der Waals surface area contributed by atoms with E-state index in [9.17, 15) is 21.6 Å². The van der Waals surface area contributed by atoms with E-state index in [0.717, 1.165) is 17.4 Å². The van der Waals surface area contributed by atoms with E-state index in [1.54, 1.807) is 0 Å². The average molecular weight is 404 g/mol. The molecule has 1 fully saturated rings. The van der Waals surface area contributed by atoms with Crippen LogP contribution in [0.2, 0.25) is 0 Å². The molecule has 0 aromatic heterocycles. The van der Waals surface area contributed by atoms with E-state index in [-0.39, 0.29) is 35.3 Å². The quantitative estimate of drug-likeness (QED) is 0.687. The Balaban J connectivity index is 2.13. The van der Waals surface area contributed by atoms with Gasteiger partial charge in [0.1, 0.15) is 0 Å². The average Bonchev–Trinajstić information content (AvgIpc) is 2.87. The predicted molar refractivity (Wildman–Crippen MR) is 99.9 cm³/mol. The zero-order valence-electron chi connectivity index (χ0n) is 15.2. The summed E-state index contributed by atoms with van der Waals surface area (Å²) in [6.07, 6.45) is -0.0623. The molecule has 0 bridgehead atoms. The lowest BCUT2D eigenvalue weighted by atomic mass is 10.3. The highest BCUT2D eigenvalue weighted by atomic mass is 32.2. The van der Waals surface area contributed by atoms with Crippen molar-refractivity contribution in [3.63, 3.8) is 0 Å². The highest BCUT2D eigenvalue weighted by Crippen LogP contribution is 2.26. The maximum absolute atomic E-state index is 12.4. The van der Waals surface area contributed by atoms with E-state index >= 15 is 0 Å². The first-order valence-electron chi connectivity index (χ1n) is 8.52. The number of rotatable bonds is 8. The standard InChI is InChI=1S/C16H25N3O5S2/c1-4-18(5-2)13(3)12-17-26(23,24)15-8-6-14(7-9-15)19-16(20)10-11-25(19,21)22/h6-9,13,17H,4-5,10-12H2,1-3H3/t13-/m0/s1. The summed E-state index contributed by atoms with van der Waals surface area (Å²) < 4.78 is 52.0. The van der Waals surface area contributed by atoms with E-state index < -0.39 is 26.0 Å². The normalized spacial score (nSPS) is 18.5. The first kappa shape index (κ1) is 20.8. The van der Waals surface area contributed by atoms with Crippen LogP contribution in [-0.4, -0.2) is 59.1 Å². The van der Waals surface area contributed by atoms with Crippen molar-refractivity contribution in [3.8, 4) is 0 Å². The van der Waals surface area contributed by atoms with E-state index in [1.165, 1.54) is 24.3 Å². The van der Waals surface area contributed by atoms with Crippen LogP contribution in [-0.2, 0) is 24.8 Å². The van der Waals surface area contributed by atoms with Gasteiger partial charge in [-0.1, -0.05) is 13.8 Å². The first-order chi connectivity index (χ1) is 12.1. The van der Waals surface area contributed by atoms with Gasteiger partial charge in [0.15, 0.2) is 0 Å². The maximum atomic E-state index is 12.4. The fraction of sp³-hybridized carbons (Fsp3) is 0.562. The number of amides is 1. The van der Waals surface area contributed by atoms with Gasteiger partial charge in [0.05, 0.1) is 16.3 Å². The van der Waals surface area contributed by atoms with Gasteiger partial charge in [0.25, 0.3) is 0 Å². The summed E-state index contributed by atoms with van der Waals surface area (Å²) in [7, 11) is -7.38. The Bertz CT molecular complexity index is 846. The lowest BCUT2D eigenvalue weighted by Crippen LogP contribution is -2.41. The molecular formula is C16H25N3O5S2. The van der Waals surface area contributed by atoms with Crippen molar-refractivity contribution in [1.82, 2.24) is 9.62 Å². The summed E-state index contributed by atoms with van der Waals surface area (Å²) in [5.74, 6) is -0.733. The van der Waals surface area contributed by atoms with Crippen molar-refractivity contribution >= 4 is 31.6 Å². The van der Waals surface area contributed by atoms with Crippen LogP contribution in [0.4, 0.5) is 5.69 Å². The van der Waals surface area contributed by atoms with Gasteiger partial charge in [0.2, 0.25) is 26.0 Å². The first-order valence-corrected chi connectivity index (χ1v) is 11.6. The number of nitrogens with zero attached hydrogens (tertiary/aromatic N) is 2. The summed E-state index contributed by atoms with van der Waals surface area (Å²) in [5, 5.41) is 0. The van der Waals surface area contributed by atoms with Gasteiger partial charge in [-0.15, -0.1) is 0 Å². The monoisotopic (exact) mass is 403 g/mol. The second-order valence-corrected chi connectivity index (χ2v) is 9.84. The van der Waals surface area contributed by atoms with E-state index in [1.807, 2.05) is 20.8 Å². The van der Waals surface area contributed by atoms with Crippen molar-refractivity contribution < 1.29 is 21.6 Å². The number of likely N-dealkylation sites (N-methyl/N-ethyl adjacent to an activating group) is 1. The largest absolute Gasteiger partial charge is 0.300 e. The zero-order chi connectivity index (χ0) is 19.5. The number of sulfonamides is 2. The number of hydrogen-bond donors (Lipinski definition) is 1. The summed E-state index contributed by atoms with van der Waals surface area (Å²) in [5.41, 5.74) is 0.156. The van der Waals surface area contributed by atoms with Crippen molar-refractivity contribution in [1.29, 1.82) is 0 Å². The van der Waals surface area contributed by atoms with Gasteiger partial charge in [-0.05, 0) is 44.3 Å². The molecule has 10 heteroatoms. The SMILES string of the molecule is CCN(CC)[C@@H](C)CNS(=O)(=O)c1ccc(N2C(=O)CCS2(=O)=O)cc1. The van der Waals surface area contributed by atoms with Crippen LogP contribution in [0.1, 0.15) is 27.2 Å². The molecule has 146 valence electrons. The Hall–Kier alpha value is -1.49. The Morgan fingerprint density at radius 3 is 2.23 bits per heavy atom. The Morgan fingerprint density at radius 2 is 1.77 bits per heavy atom. The van der Waals surface area contributed by atoms with Gasteiger partial charge in [-0.25, -0.2) is 25.9 Å². The molecule has 0 unspecified atom stereocenters. The third-order valence-electron chi connectivity index (χ3n) is 4.46. The minimum Gasteiger partial charge on any atom is -0.300 e. The van der Waals surface area contributed by atoms with Crippen LogP contribution in [0.25, 0.3) is 0 Å². The van der Waals surface area contributed by atoms with Crippen molar-refractivity contribution in [2.75, 3.05) is 29.7 Å². The number of benzene rings is 1. The minimum absolute atomic E-state index is 0.0250. The summed E-state index contributed by atoms with van der Waals surface area (Å²) in [6.45, 7) is 7.90. The molecule has 1 amide bonds. The molecule has 1 aromatic rings. The fourth-order valence-corrected chi connectivity index (χ4v) is 5.50. The van der Waals surface area contributed by atoms with Gasteiger partial charge in [-0.3, -0.25) is 9.69 Å². The van der Waals surface area contributed by atoms with Gasteiger partial charge < -0.3 is 0 Å². The zero-order valence-corrected chi connectivity index (χ0v) is 16.8. The van der Waals surface area contributed by atoms with Crippen molar-refractivity contribution in [2.24, 2.45) is 0 Å². The van der Waals surface area contributed by atoms with Gasteiger partial charge in [0, 0.05) is 19.0 Å². The van der Waals surface area contributed by atoms with Crippen LogP contribution < -0.4 is 9.03 Å². The highest BCUT2D eigenvalue weighted by Gasteiger charge is 2.36. The summed E-state index contributed by atoms with van der Waals surface area (Å²) >= 11 is 0. The summed E-state index contributed by atoms with van der Waals surface area (Å²) in [6, 6.07) is 5.33. The maximum Gasteiger partial charge on any atom is 0.242 e. The lowest BCUT2D eigenvalue weighted by Gasteiger charge is -2.26. The molecule has 1 atom stereocenters. The number of nitrogens with one attached hydrogen (secondary N) is 1. The Kier molecular flexibility index (Phi) is 6.43. The second kappa shape index (κ2) is 8.03. The predicted octanol–water partition coefficient (Wildman–Crippen LogP) is 0.762. The van der Waals surface area contributed by atoms with E-state index in [0.29, 0.717) is 0 Å². The van der Waals surface area contributed by atoms with Gasteiger partial charge in [-0.2, -0.15) is 0 Å². The van der Waals surface area contributed by atoms with Crippen molar-refractivity contribution in [3.05, 3.63) is 24.3 Å². The molecule has 26 heavy (non-hydrogen) atoms. The van der Waals surface area contributed by atoms with Crippen LogP contribution >= 0.6 is 0 Å². The topological polar surface area (TPSA) is 104 Å². The number of carbonyl (C=O) groups is 1. The van der Waals surface area contributed by atoms with E-state index in [2.05, 4.69) is 9.62 Å². The fourth-order valence-electron chi connectivity index (χ4n) is 2.92. The molecule has 1 aromatic carbocycles. The Labute approximate surface area is 155 Å². The minimum atomic E-state index is -3.72. The smallest absolute Gasteiger partial charge is 0.242 e.